The van der Waals surface area contributed by atoms with Crippen LogP contribution in [0.15, 0.2) is 54.7 Å². The third kappa shape index (κ3) is 3.06. The van der Waals surface area contributed by atoms with Crippen LogP contribution in [0.1, 0.15) is 28.5 Å². The van der Waals surface area contributed by atoms with Gasteiger partial charge in [0.1, 0.15) is 5.82 Å². The zero-order chi connectivity index (χ0) is 17.1. The number of aryl methyl sites for hydroxylation is 1. The highest BCUT2D eigenvalue weighted by molar-refractivity contribution is 6.05. The van der Waals surface area contributed by atoms with E-state index >= 15 is 0 Å². The average molecular weight is 323 g/mol. The van der Waals surface area contributed by atoms with Crippen molar-refractivity contribution in [2.24, 2.45) is 0 Å². The first-order chi connectivity index (χ1) is 11.6. The van der Waals surface area contributed by atoms with Crippen LogP contribution in [0, 0.1) is 12.7 Å². The monoisotopic (exact) mass is 323 g/mol. The summed E-state index contributed by atoms with van der Waals surface area (Å²) in [7, 11) is 0. The second kappa shape index (κ2) is 6.66. The summed E-state index contributed by atoms with van der Waals surface area (Å²) in [5, 5.41) is 7.23. The summed E-state index contributed by atoms with van der Waals surface area (Å²) in [5.74, 6) is -0.504. The van der Waals surface area contributed by atoms with E-state index in [0.717, 1.165) is 22.6 Å². The highest BCUT2D eigenvalue weighted by Gasteiger charge is 2.17. The molecule has 3 rings (SSSR count). The fourth-order valence-corrected chi connectivity index (χ4v) is 2.61. The maximum Gasteiger partial charge on any atom is 0.259 e. The van der Waals surface area contributed by atoms with Crippen LogP contribution in [0.3, 0.4) is 0 Å². The molecule has 0 aliphatic rings. The Morgan fingerprint density at radius 3 is 2.54 bits per heavy atom. The number of benzene rings is 2. The largest absolute Gasteiger partial charge is 0.322 e. The van der Waals surface area contributed by atoms with Gasteiger partial charge in [0.05, 0.1) is 23.1 Å². The van der Waals surface area contributed by atoms with Crippen molar-refractivity contribution < 1.29 is 9.18 Å². The summed E-state index contributed by atoms with van der Waals surface area (Å²) >= 11 is 0. The van der Waals surface area contributed by atoms with Crippen molar-refractivity contribution in [3.63, 3.8) is 0 Å². The van der Waals surface area contributed by atoms with Crippen molar-refractivity contribution in [2.45, 2.75) is 20.3 Å². The van der Waals surface area contributed by atoms with Crippen molar-refractivity contribution in [3.8, 4) is 5.69 Å². The van der Waals surface area contributed by atoms with Gasteiger partial charge in [-0.05, 0) is 49.2 Å². The lowest BCUT2D eigenvalue weighted by molar-refractivity contribution is 0.102. The highest BCUT2D eigenvalue weighted by atomic mass is 19.1. The van der Waals surface area contributed by atoms with Gasteiger partial charge in [0.25, 0.3) is 5.91 Å². The number of carbonyl (C=O) groups is 1. The number of aromatic nitrogens is 2. The molecule has 1 aromatic heterocycles. The number of amides is 1. The topological polar surface area (TPSA) is 46.9 Å². The zero-order valence-electron chi connectivity index (χ0n) is 13.6. The van der Waals surface area contributed by atoms with Crippen molar-refractivity contribution in [1.29, 1.82) is 0 Å². The Morgan fingerprint density at radius 2 is 1.88 bits per heavy atom. The van der Waals surface area contributed by atoms with E-state index in [-0.39, 0.29) is 11.7 Å². The first-order valence-electron chi connectivity index (χ1n) is 7.80. The molecule has 4 nitrogen and oxygen atoms in total. The maximum atomic E-state index is 13.1. The van der Waals surface area contributed by atoms with Crippen molar-refractivity contribution in [1.82, 2.24) is 9.78 Å². The summed E-state index contributed by atoms with van der Waals surface area (Å²) in [4.78, 5) is 12.6. The van der Waals surface area contributed by atoms with E-state index in [9.17, 15) is 9.18 Å². The molecule has 0 aliphatic heterocycles. The molecule has 3 aromatic rings. The van der Waals surface area contributed by atoms with Gasteiger partial charge in [-0.25, -0.2) is 9.07 Å². The van der Waals surface area contributed by atoms with Crippen molar-refractivity contribution in [3.05, 3.63) is 77.4 Å². The first kappa shape index (κ1) is 15.9. The van der Waals surface area contributed by atoms with Gasteiger partial charge in [0, 0.05) is 5.69 Å². The number of halogens is 1. The molecule has 0 bridgehead atoms. The minimum Gasteiger partial charge on any atom is -0.322 e. The van der Waals surface area contributed by atoms with Crippen LogP contribution >= 0.6 is 0 Å². The maximum absolute atomic E-state index is 13.1. The van der Waals surface area contributed by atoms with Crippen molar-refractivity contribution >= 4 is 11.6 Å². The normalized spacial score (nSPS) is 10.6. The van der Waals surface area contributed by atoms with E-state index in [4.69, 9.17) is 0 Å². The van der Waals surface area contributed by atoms with Gasteiger partial charge >= 0.3 is 0 Å². The molecule has 0 radical (unpaired) electrons. The van der Waals surface area contributed by atoms with Gasteiger partial charge in [-0.15, -0.1) is 0 Å². The SMILES string of the molecule is CCc1c(C(=O)Nc2ccccc2C)cnn1-c1ccc(F)cc1. The quantitative estimate of drug-likeness (QED) is 0.784. The molecule has 122 valence electrons. The summed E-state index contributed by atoms with van der Waals surface area (Å²) in [6, 6.07) is 13.7. The Morgan fingerprint density at radius 1 is 1.17 bits per heavy atom. The molecule has 1 N–H and O–H groups in total. The number of nitrogens with zero attached hydrogens (tertiary/aromatic N) is 2. The molecule has 0 unspecified atom stereocenters. The molecule has 0 aliphatic carbocycles. The molecule has 0 spiro atoms. The standard InChI is InChI=1S/C19H18FN3O/c1-3-18-16(19(24)22-17-7-5-4-6-13(17)2)12-21-23(18)15-10-8-14(20)9-11-15/h4-12H,3H2,1-2H3,(H,22,24). The van der Waals surface area contributed by atoms with Gasteiger partial charge in [-0.2, -0.15) is 5.10 Å². The Balaban J connectivity index is 1.93. The number of para-hydroxylation sites is 1. The number of hydrogen-bond donors (Lipinski definition) is 1. The van der Waals surface area contributed by atoms with E-state index in [2.05, 4.69) is 10.4 Å². The minimum absolute atomic E-state index is 0.200. The molecule has 0 fully saturated rings. The lowest BCUT2D eigenvalue weighted by Crippen LogP contribution is -2.15. The number of rotatable bonds is 4. The number of anilines is 1. The van der Waals surface area contributed by atoms with Gasteiger partial charge < -0.3 is 5.32 Å². The molecule has 1 amide bonds. The predicted molar refractivity (Wildman–Crippen MR) is 92.0 cm³/mol. The fraction of sp³-hybridized carbons (Fsp3) is 0.158. The highest BCUT2D eigenvalue weighted by Crippen LogP contribution is 2.19. The second-order valence-electron chi connectivity index (χ2n) is 5.52. The number of carbonyl (C=O) groups excluding carboxylic acids is 1. The van der Waals surface area contributed by atoms with Crippen LogP contribution in [0.5, 0.6) is 0 Å². The summed E-state index contributed by atoms with van der Waals surface area (Å²) in [5.41, 5.74) is 3.80. The summed E-state index contributed by atoms with van der Waals surface area (Å²) in [6.45, 7) is 3.90. The first-order valence-corrected chi connectivity index (χ1v) is 7.80. The average Bonchev–Trinajstić information content (AvgIpc) is 3.01. The molecular formula is C19H18FN3O. The summed E-state index contributed by atoms with van der Waals surface area (Å²) in [6.07, 6.45) is 2.18. The Kier molecular flexibility index (Phi) is 4.42. The molecule has 0 saturated heterocycles. The van der Waals surface area contributed by atoms with Crippen LogP contribution in [-0.4, -0.2) is 15.7 Å². The smallest absolute Gasteiger partial charge is 0.259 e. The lowest BCUT2D eigenvalue weighted by atomic mass is 10.1. The predicted octanol–water partition coefficient (Wildman–Crippen LogP) is 4.13. The van der Waals surface area contributed by atoms with Crippen LogP contribution in [0.2, 0.25) is 0 Å². The fourth-order valence-electron chi connectivity index (χ4n) is 2.61. The van der Waals surface area contributed by atoms with E-state index < -0.39 is 0 Å². The van der Waals surface area contributed by atoms with Gasteiger partial charge in [-0.3, -0.25) is 4.79 Å². The molecule has 2 aromatic carbocycles. The van der Waals surface area contributed by atoms with Gasteiger partial charge in [-0.1, -0.05) is 25.1 Å². The molecule has 5 heteroatoms. The molecule has 1 heterocycles. The van der Waals surface area contributed by atoms with E-state index in [1.165, 1.54) is 12.1 Å². The number of nitrogens with one attached hydrogen (secondary N) is 1. The van der Waals surface area contributed by atoms with Gasteiger partial charge in [0.2, 0.25) is 0 Å². The van der Waals surface area contributed by atoms with E-state index in [1.807, 2.05) is 38.1 Å². The minimum atomic E-state index is -0.304. The lowest BCUT2D eigenvalue weighted by Gasteiger charge is -2.10. The molecule has 24 heavy (non-hydrogen) atoms. The molecule has 0 saturated carbocycles. The summed E-state index contributed by atoms with van der Waals surface area (Å²) < 4.78 is 14.8. The van der Waals surface area contributed by atoms with Crippen molar-refractivity contribution in [2.75, 3.05) is 5.32 Å². The number of hydrogen-bond acceptors (Lipinski definition) is 2. The Bertz CT molecular complexity index is 869. The zero-order valence-corrected chi connectivity index (χ0v) is 13.6. The van der Waals surface area contributed by atoms with E-state index in [0.29, 0.717) is 12.0 Å². The third-order valence-corrected chi connectivity index (χ3v) is 3.91. The Labute approximate surface area is 139 Å². The second-order valence-corrected chi connectivity index (χ2v) is 5.52. The molecule has 0 atom stereocenters. The Hall–Kier alpha value is -2.95. The van der Waals surface area contributed by atoms with Crippen LogP contribution in [0.4, 0.5) is 10.1 Å². The van der Waals surface area contributed by atoms with Crippen LogP contribution in [-0.2, 0) is 6.42 Å². The molecular weight excluding hydrogens is 305 g/mol. The van der Waals surface area contributed by atoms with E-state index in [1.54, 1.807) is 23.0 Å². The third-order valence-electron chi connectivity index (χ3n) is 3.91. The van der Waals surface area contributed by atoms with Crippen LogP contribution in [0.25, 0.3) is 5.69 Å². The van der Waals surface area contributed by atoms with Gasteiger partial charge in [0.15, 0.2) is 0 Å². The van der Waals surface area contributed by atoms with Crippen LogP contribution < -0.4 is 5.32 Å².